The minimum atomic E-state index is 0.324. The molecular weight excluding hydrogens is 250 g/mol. The largest absolute Gasteiger partial charge is 0.473 e. The molecule has 1 saturated carbocycles. The van der Waals surface area contributed by atoms with Crippen LogP contribution in [0, 0.1) is 11.8 Å². The van der Waals surface area contributed by atoms with Gasteiger partial charge in [0.25, 0.3) is 0 Å². The molecule has 0 atom stereocenters. The summed E-state index contributed by atoms with van der Waals surface area (Å²) >= 11 is 0. The van der Waals surface area contributed by atoms with Crippen LogP contribution in [0.3, 0.4) is 0 Å². The number of rotatable bonds is 6. The lowest BCUT2D eigenvalue weighted by atomic mass is 9.89. The summed E-state index contributed by atoms with van der Waals surface area (Å²) in [4.78, 5) is 8.77. The maximum absolute atomic E-state index is 5.91. The zero-order valence-corrected chi connectivity index (χ0v) is 12.9. The van der Waals surface area contributed by atoms with Gasteiger partial charge in [-0.3, -0.25) is 4.98 Å². The molecule has 1 aliphatic carbocycles. The lowest BCUT2D eigenvalue weighted by molar-refractivity contribution is 0.129. The van der Waals surface area contributed by atoms with Crippen molar-refractivity contribution in [3.63, 3.8) is 0 Å². The molecule has 2 rings (SSSR count). The fourth-order valence-corrected chi connectivity index (χ4v) is 2.50. The fourth-order valence-electron chi connectivity index (χ4n) is 2.50. The Morgan fingerprint density at radius 2 is 1.95 bits per heavy atom. The van der Waals surface area contributed by atoms with Crippen LogP contribution in [0.15, 0.2) is 12.4 Å². The van der Waals surface area contributed by atoms with Gasteiger partial charge in [0.2, 0.25) is 5.88 Å². The van der Waals surface area contributed by atoms with Crippen molar-refractivity contribution < 1.29 is 4.74 Å². The van der Waals surface area contributed by atoms with E-state index in [-0.39, 0.29) is 0 Å². The van der Waals surface area contributed by atoms with Gasteiger partial charge in [0, 0.05) is 6.54 Å². The first-order valence-electron chi connectivity index (χ1n) is 7.81. The SMILES string of the molecule is CC(C)CNCc1cnc(OC2CCC(C)CC2)cn1. The summed E-state index contributed by atoms with van der Waals surface area (Å²) < 4.78 is 5.91. The van der Waals surface area contributed by atoms with Gasteiger partial charge in [0.1, 0.15) is 6.10 Å². The molecule has 4 heteroatoms. The van der Waals surface area contributed by atoms with Crippen molar-refractivity contribution in [1.82, 2.24) is 15.3 Å². The van der Waals surface area contributed by atoms with Crippen LogP contribution in [0.4, 0.5) is 0 Å². The average molecular weight is 277 g/mol. The van der Waals surface area contributed by atoms with Gasteiger partial charge in [-0.25, -0.2) is 4.98 Å². The number of nitrogens with one attached hydrogen (secondary N) is 1. The molecule has 0 unspecified atom stereocenters. The Hall–Kier alpha value is -1.16. The van der Waals surface area contributed by atoms with Crippen molar-refractivity contribution in [2.75, 3.05) is 6.54 Å². The quantitative estimate of drug-likeness (QED) is 0.867. The second kappa shape index (κ2) is 7.58. The van der Waals surface area contributed by atoms with Gasteiger partial charge in [0.15, 0.2) is 0 Å². The first-order chi connectivity index (χ1) is 9.63. The standard InChI is InChI=1S/C16H27N3O/c1-12(2)8-17-9-14-10-19-16(11-18-14)20-15-6-4-13(3)5-7-15/h10-13,15,17H,4-9H2,1-3H3. The van der Waals surface area contributed by atoms with Crippen molar-refractivity contribution in [2.24, 2.45) is 11.8 Å². The van der Waals surface area contributed by atoms with Crippen LogP contribution in [0.2, 0.25) is 0 Å². The van der Waals surface area contributed by atoms with Gasteiger partial charge in [-0.2, -0.15) is 0 Å². The van der Waals surface area contributed by atoms with Crippen molar-refractivity contribution in [3.05, 3.63) is 18.1 Å². The molecule has 0 spiro atoms. The minimum Gasteiger partial charge on any atom is -0.473 e. The first kappa shape index (κ1) is 15.2. The molecule has 0 radical (unpaired) electrons. The maximum atomic E-state index is 5.91. The molecule has 1 heterocycles. The van der Waals surface area contributed by atoms with Crippen LogP contribution < -0.4 is 10.1 Å². The van der Waals surface area contributed by atoms with Gasteiger partial charge < -0.3 is 10.1 Å². The molecule has 20 heavy (non-hydrogen) atoms. The summed E-state index contributed by atoms with van der Waals surface area (Å²) in [7, 11) is 0. The highest BCUT2D eigenvalue weighted by Crippen LogP contribution is 2.26. The van der Waals surface area contributed by atoms with Crippen LogP contribution in [0.25, 0.3) is 0 Å². The van der Waals surface area contributed by atoms with E-state index >= 15 is 0 Å². The molecule has 112 valence electrons. The lowest BCUT2D eigenvalue weighted by Crippen LogP contribution is -2.23. The minimum absolute atomic E-state index is 0.324. The summed E-state index contributed by atoms with van der Waals surface area (Å²) in [6.45, 7) is 8.48. The Morgan fingerprint density at radius 3 is 2.55 bits per heavy atom. The third-order valence-corrected chi connectivity index (χ3v) is 3.79. The van der Waals surface area contributed by atoms with Crippen LogP contribution in [0.1, 0.15) is 52.1 Å². The van der Waals surface area contributed by atoms with Gasteiger partial charge in [-0.15, -0.1) is 0 Å². The average Bonchev–Trinajstić information content (AvgIpc) is 2.43. The predicted molar refractivity (Wildman–Crippen MR) is 80.6 cm³/mol. The van der Waals surface area contributed by atoms with E-state index in [0.29, 0.717) is 17.9 Å². The molecule has 0 aromatic carbocycles. The fraction of sp³-hybridized carbons (Fsp3) is 0.750. The van der Waals surface area contributed by atoms with E-state index in [1.165, 1.54) is 12.8 Å². The monoisotopic (exact) mass is 277 g/mol. The number of ether oxygens (including phenoxy) is 1. The van der Waals surface area contributed by atoms with Crippen LogP contribution >= 0.6 is 0 Å². The van der Waals surface area contributed by atoms with Gasteiger partial charge in [-0.1, -0.05) is 20.8 Å². The molecule has 1 aromatic heterocycles. The van der Waals surface area contributed by atoms with E-state index in [2.05, 4.69) is 36.1 Å². The summed E-state index contributed by atoms with van der Waals surface area (Å²) in [6.07, 6.45) is 8.69. The van der Waals surface area contributed by atoms with E-state index < -0.39 is 0 Å². The zero-order valence-electron chi connectivity index (χ0n) is 12.9. The van der Waals surface area contributed by atoms with Crippen LogP contribution in [-0.2, 0) is 6.54 Å². The highest BCUT2D eigenvalue weighted by atomic mass is 16.5. The van der Waals surface area contributed by atoms with Crippen molar-refractivity contribution in [3.8, 4) is 5.88 Å². The summed E-state index contributed by atoms with van der Waals surface area (Å²) in [5.74, 6) is 2.16. The predicted octanol–water partition coefficient (Wildman–Crippen LogP) is 3.18. The summed E-state index contributed by atoms with van der Waals surface area (Å²) in [5.41, 5.74) is 0.968. The molecule has 0 saturated heterocycles. The van der Waals surface area contributed by atoms with Crippen molar-refractivity contribution in [1.29, 1.82) is 0 Å². The first-order valence-corrected chi connectivity index (χ1v) is 7.81. The van der Waals surface area contributed by atoms with Crippen molar-refractivity contribution >= 4 is 0 Å². The second-order valence-corrected chi connectivity index (χ2v) is 6.37. The maximum Gasteiger partial charge on any atom is 0.232 e. The molecule has 0 amide bonds. The smallest absolute Gasteiger partial charge is 0.232 e. The third kappa shape index (κ3) is 5.08. The molecular formula is C16H27N3O. The molecule has 0 bridgehead atoms. The lowest BCUT2D eigenvalue weighted by Gasteiger charge is -2.26. The second-order valence-electron chi connectivity index (χ2n) is 6.37. The Bertz CT molecular complexity index is 383. The zero-order chi connectivity index (χ0) is 14.4. The van der Waals surface area contributed by atoms with Gasteiger partial charge in [0.05, 0.1) is 18.1 Å². The summed E-state index contributed by atoms with van der Waals surface area (Å²) in [5, 5.41) is 3.36. The molecule has 1 N–H and O–H groups in total. The summed E-state index contributed by atoms with van der Waals surface area (Å²) in [6, 6.07) is 0. The molecule has 4 nitrogen and oxygen atoms in total. The number of nitrogens with zero attached hydrogens (tertiary/aromatic N) is 2. The molecule has 1 fully saturated rings. The number of hydrogen-bond donors (Lipinski definition) is 1. The van der Waals surface area contributed by atoms with Crippen molar-refractivity contribution in [2.45, 2.75) is 59.1 Å². The topological polar surface area (TPSA) is 47.0 Å². The number of aromatic nitrogens is 2. The van der Waals surface area contributed by atoms with Crippen LogP contribution in [0.5, 0.6) is 5.88 Å². The Morgan fingerprint density at radius 1 is 1.20 bits per heavy atom. The van der Waals surface area contributed by atoms with E-state index in [1.54, 1.807) is 6.20 Å². The van der Waals surface area contributed by atoms with E-state index in [4.69, 9.17) is 4.74 Å². The third-order valence-electron chi connectivity index (χ3n) is 3.79. The number of hydrogen-bond acceptors (Lipinski definition) is 4. The highest BCUT2D eigenvalue weighted by Gasteiger charge is 2.19. The highest BCUT2D eigenvalue weighted by molar-refractivity contribution is 5.07. The normalized spacial score (nSPS) is 23.0. The van der Waals surface area contributed by atoms with E-state index in [1.807, 2.05) is 6.20 Å². The van der Waals surface area contributed by atoms with Gasteiger partial charge >= 0.3 is 0 Å². The van der Waals surface area contributed by atoms with Crippen LogP contribution in [-0.4, -0.2) is 22.6 Å². The molecule has 1 aromatic rings. The molecule has 1 aliphatic rings. The molecule has 0 aliphatic heterocycles. The van der Waals surface area contributed by atoms with E-state index in [9.17, 15) is 0 Å². The van der Waals surface area contributed by atoms with Gasteiger partial charge in [-0.05, 0) is 44.1 Å². The Balaban J connectivity index is 1.76. The van der Waals surface area contributed by atoms with E-state index in [0.717, 1.165) is 37.5 Å². The Labute approximate surface area is 122 Å². The Kier molecular flexibility index (Phi) is 5.77.